The zero-order valence-electron chi connectivity index (χ0n) is 22.1. The maximum absolute atomic E-state index is 4.92. The summed E-state index contributed by atoms with van der Waals surface area (Å²) in [6.45, 7) is 9.01. The second-order valence-electron chi connectivity index (χ2n) is 11.7. The third kappa shape index (κ3) is 6.50. The third-order valence-electron chi connectivity index (χ3n) is 7.61. The molecule has 5 nitrogen and oxygen atoms in total. The monoisotopic (exact) mass is 463 g/mol. The highest BCUT2D eigenvalue weighted by Gasteiger charge is 2.24. The highest BCUT2D eigenvalue weighted by Crippen LogP contribution is 2.30. The zero-order valence-corrected chi connectivity index (χ0v) is 22.1. The molecule has 0 atom stereocenters. The standard InChI is InChI=1S/C29H45N5/c1-29(2,3)23-14-10-21(11-15-23)18-19-30-20-22-12-16-24(17-13-22)31-28-32-26-9-7-6-8-25(26)27(33-28)34(4)5/h10-11,14-15,22,24,30H,6-9,12-13,16-20H2,1-5H3,(H,31,32,33)/t22-,24+. The highest BCUT2D eigenvalue weighted by molar-refractivity contribution is 5.52. The van der Waals surface area contributed by atoms with Gasteiger partial charge in [0.1, 0.15) is 5.82 Å². The van der Waals surface area contributed by atoms with Crippen molar-refractivity contribution >= 4 is 11.8 Å². The van der Waals surface area contributed by atoms with Gasteiger partial charge >= 0.3 is 0 Å². The van der Waals surface area contributed by atoms with Gasteiger partial charge in [-0.25, -0.2) is 4.98 Å². The van der Waals surface area contributed by atoms with Crippen LogP contribution in [0.4, 0.5) is 11.8 Å². The largest absolute Gasteiger partial charge is 0.362 e. The molecule has 34 heavy (non-hydrogen) atoms. The average molecular weight is 464 g/mol. The molecule has 0 radical (unpaired) electrons. The van der Waals surface area contributed by atoms with Crippen LogP contribution in [0.15, 0.2) is 24.3 Å². The van der Waals surface area contributed by atoms with E-state index in [-0.39, 0.29) is 5.41 Å². The molecule has 0 amide bonds. The molecule has 2 aliphatic carbocycles. The Morgan fingerprint density at radius 3 is 2.32 bits per heavy atom. The first kappa shape index (κ1) is 25.0. The minimum atomic E-state index is 0.227. The van der Waals surface area contributed by atoms with E-state index in [1.807, 2.05) is 0 Å². The molecule has 0 unspecified atom stereocenters. The van der Waals surface area contributed by atoms with Gasteiger partial charge < -0.3 is 15.5 Å². The van der Waals surface area contributed by atoms with Gasteiger partial charge in [0.15, 0.2) is 0 Å². The third-order valence-corrected chi connectivity index (χ3v) is 7.61. The van der Waals surface area contributed by atoms with Crippen molar-refractivity contribution in [1.29, 1.82) is 0 Å². The molecule has 1 heterocycles. The van der Waals surface area contributed by atoms with Crippen molar-refractivity contribution in [3.8, 4) is 0 Å². The number of rotatable bonds is 8. The van der Waals surface area contributed by atoms with Crippen molar-refractivity contribution in [2.45, 2.75) is 90.0 Å². The number of nitrogens with one attached hydrogen (secondary N) is 2. The first-order chi connectivity index (χ1) is 16.3. The molecule has 2 aromatic rings. The lowest BCUT2D eigenvalue weighted by Crippen LogP contribution is -2.32. The summed E-state index contributed by atoms with van der Waals surface area (Å²) in [7, 11) is 4.19. The Labute approximate surface area is 207 Å². The molecule has 0 bridgehead atoms. The van der Waals surface area contributed by atoms with Crippen LogP contribution in [0, 0.1) is 5.92 Å². The van der Waals surface area contributed by atoms with Gasteiger partial charge in [0.05, 0.1) is 5.69 Å². The second kappa shape index (κ2) is 11.1. The lowest BCUT2D eigenvalue weighted by molar-refractivity contribution is 0.325. The zero-order chi connectivity index (χ0) is 24.1. The molecular weight excluding hydrogens is 418 g/mol. The topological polar surface area (TPSA) is 53.1 Å². The Morgan fingerprint density at radius 2 is 1.65 bits per heavy atom. The number of hydrogen-bond donors (Lipinski definition) is 2. The molecule has 5 heteroatoms. The van der Waals surface area contributed by atoms with Gasteiger partial charge in [0, 0.05) is 25.7 Å². The van der Waals surface area contributed by atoms with E-state index in [0.717, 1.165) is 50.0 Å². The number of aromatic nitrogens is 2. The minimum absolute atomic E-state index is 0.227. The Morgan fingerprint density at radius 1 is 0.941 bits per heavy atom. The summed E-state index contributed by atoms with van der Waals surface area (Å²) in [4.78, 5) is 12.0. The molecule has 4 rings (SSSR count). The summed E-state index contributed by atoms with van der Waals surface area (Å²) in [6, 6.07) is 9.66. The molecular formula is C29H45N5. The fourth-order valence-electron chi connectivity index (χ4n) is 5.41. The summed E-state index contributed by atoms with van der Waals surface area (Å²) >= 11 is 0. The molecule has 1 aromatic heterocycles. The van der Waals surface area contributed by atoms with Gasteiger partial charge in [0.25, 0.3) is 0 Å². The first-order valence-corrected chi connectivity index (χ1v) is 13.4. The van der Waals surface area contributed by atoms with Gasteiger partial charge in [-0.05, 0) is 93.3 Å². The van der Waals surface area contributed by atoms with Crippen molar-refractivity contribution in [2.24, 2.45) is 5.92 Å². The number of anilines is 2. The van der Waals surface area contributed by atoms with Gasteiger partial charge in [-0.2, -0.15) is 4.98 Å². The molecule has 0 saturated heterocycles. The van der Waals surface area contributed by atoms with Crippen LogP contribution in [-0.2, 0) is 24.7 Å². The molecule has 0 aliphatic heterocycles. The molecule has 1 saturated carbocycles. The van der Waals surface area contributed by atoms with E-state index in [9.17, 15) is 0 Å². The number of aryl methyl sites for hydroxylation is 1. The fourth-order valence-corrected chi connectivity index (χ4v) is 5.41. The molecule has 1 aromatic carbocycles. The van der Waals surface area contributed by atoms with Gasteiger partial charge in [-0.15, -0.1) is 0 Å². The van der Waals surface area contributed by atoms with Crippen molar-refractivity contribution in [2.75, 3.05) is 37.4 Å². The molecule has 186 valence electrons. The number of benzene rings is 1. The Bertz CT molecular complexity index is 921. The SMILES string of the molecule is CN(C)c1nc(N[C@H]2CC[C@@H](CNCCc3ccc(C(C)(C)C)cc3)CC2)nc2c1CCCC2. The number of nitrogens with zero attached hydrogens (tertiary/aromatic N) is 3. The fraction of sp³-hybridized carbons (Fsp3) is 0.655. The van der Waals surface area contributed by atoms with E-state index < -0.39 is 0 Å². The quantitative estimate of drug-likeness (QED) is 0.505. The van der Waals surface area contributed by atoms with E-state index in [1.165, 1.54) is 60.9 Å². The number of hydrogen-bond acceptors (Lipinski definition) is 5. The predicted octanol–water partition coefficient (Wildman–Crippen LogP) is 5.52. The van der Waals surface area contributed by atoms with Gasteiger partial charge in [-0.3, -0.25) is 0 Å². The van der Waals surface area contributed by atoms with Crippen LogP contribution in [0.3, 0.4) is 0 Å². The van der Waals surface area contributed by atoms with Crippen LogP contribution in [0.25, 0.3) is 0 Å². The van der Waals surface area contributed by atoms with Crippen LogP contribution in [-0.4, -0.2) is 43.2 Å². The Kier molecular flexibility index (Phi) is 8.13. The van der Waals surface area contributed by atoms with Crippen LogP contribution in [0.2, 0.25) is 0 Å². The van der Waals surface area contributed by atoms with Crippen molar-refractivity contribution in [1.82, 2.24) is 15.3 Å². The molecule has 1 fully saturated rings. The molecule has 0 spiro atoms. The van der Waals surface area contributed by atoms with Gasteiger partial charge in [0.2, 0.25) is 5.95 Å². The highest BCUT2D eigenvalue weighted by atomic mass is 15.2. The van der Waals surface area contributed by atoms with E-state index >= 15 is 0 Å². The van der Waals surface area contributed by atoms with E-state index in [2.05, 4.69) is 74.7 Å². The van der Waals surface area contributed by atoms with Crippen LogP contribution >= 0.6 is 0 Å². The van der Waals surface area contributed by atoms with Crippen LogP contribution in [0.1, 0.15) is 81.7 Å². The number of fused-ring (bicyclic) bond motifs is 1. The van der Waals surface area contributed by atoms with Crippen LogP contribution < -0.4 is 15.5 Å². The normalized spacial score (nSPS) is 20.6. The summed E-state index contributed by atoms with van der Waals surface area (Å²) in [5.74, 6) is 2.73. The van der Waals surface area contributed by atoms with Crippen LogP contribution in [0.5, 0.6) is 0 Å². The predicted molar refractivity (Wildman–Crippen MR) is 144 cm³/mol. The van der Waals surface area contributed by atoms with E-state index in [0.29, 0.717) is 6.04 Å². The molecule has 2 N–H and O–H groups in total. The van der Waals surface area contributed by atoms with Crippen molar-refractivity contribution in [3.63, 3.8) is 0 Å². The maximum Gasteiger partial charge on any atom is 0.225 e. The Balaban J connectivity index is 1.19. The average Bonchev–Trinajstić information content (AvgIpc) is 2.82. The van der Waals surface area contributed by atoms with E-state index in [1.54, 1.807) is 0 Å². The van der Waals surface area contributed by atoms with Crippen molar-refractivity contribution in [3.05, 3.63) is 46.6 Å². The maximum atomic E-state index is 4.92. The lowest BCUT2D eigenvalue weighted by Gasteiger charge is -2.30. The summed E-state index contributed by atoms with van der Waals surface area (Å²) in [5, 5.41) is 7.40. The van der Waals surface area contributed by atoms with E-state index in [4.69, 9.17) is 9.97 Å². The van der Waals surface area contributed by atoms with Gasteiger partial charge in [-0.1, -0.05) is 45.0 Å². The lowest BCUT2D eigenvalue weighted by atomic mass is 9.86. The first-order valence-electron chi connectivity index (χ1n) is 13.4. The molecule has 2 aliphatic rings. The van der Waals surface area contributed by atoms with Crippen molar-refractivity contribution < 1.29 is 0 Å². The smallest absolute Gasteiger partial charge is 0.225 e. The second-order valence-corrected chi connectivity index (χ2v) is 11.7. The summed E-state index contributed by atoms with van der Waals surface area (Å²) in [6.07, 6.45) is 10.8. The minimum Gasteiger partial charge on any atom is -0.362 e. The summed E-state index contributed by atoms with van der Waals surface area (Å²) in [5.41, 5.74) is 5.69. The Hall–Kier alpha value is -2.14. The summed E-state index contributed by atoms with van der Waals surface area (Å²) < 4.78 is 0.